The van der Waals surface area contributed by atoms with Gasteiger partial charge in [0.1, 0.15) is 13.2 Å². The quantitative estimate of drug-likeness (QED) is 0.693. The molecule has 0 saturated carbocycles. The second kappa shape index (κ2) is 5.70. The summed E-state index contributed by atoms with van der Waals surface area (Å²) in [6.07, 6.45) is 1.57. The van der Waals surface area contributed by atoms with Crippen molar-refractivity contribution in [1.82, 2.24) is 9.55 Å². The maximum atomic E-state index is 12.7. The summed E-state index contributed by atoms with van der Waals surface area (Å²) in [6.45, 7) is 1.47. The van der Waals surface area contributed by atoms with E-state index in [0.717, 1.165) is 10.0 Å². The van der Waals surface area contributed by atoms with Crippen LogP contribution in [0.3, 0.4) is 0 Å². The molecule has 0 saturated heterocycles. The Morgan fingerprint density at radius 1 is 1.13 bits per heavy atom. The molecule has 0 spiro atoms. The number of ether oxygens (including phenoxy) is 2. The van der Waals surface area contributed by atoms with Crippen molar-refractivity contribution in [2.45, 2.75) is 6.54 Å². The van der Waals surface area contributed by atoms with Gasteiger partial charge in [0.15, 0.2) is 11.5 Å². The topological polar surface area (TPSA) is 53.4 Å². The maximum absolute atomic E-state index is 12.7. The lowest BCUT2D eigenvalue weighted by atomic mass is 10.2. The third kappa shape index (κ3) is 2.70. The number of hydrogen-bond donors (Lipinski definition) is 0. The van der Waals surface area contributed by atoms with Crippen molar-refractivity contribution in [2.75, 3.05) is 13.2 Å². The van der Waals surface area contributed by atoms with Crippen LogP contribution >= 0.6 is 15.9 Å². The van der Waals surface area contributed by atoms with E-state index in [1.54, 1.807) is 23.0 Å². The molecular weight excluding hydrogens is 360 g/mol. The average Bonchev–Trinajstić information content (AvgIpc) is 2.56. The van der Waals surface area contributed by atoms with E-state index in [4.69, 9.17) is 9.47 Å². The van der Waals surface area contributed by atoms with Crippen molar-refractivity contribution in [3.8, 4) is 11.5 Å². The summed E-state index contributed by atoms with van der Waals surface area (Å²) < 4.78 is 13.7. The van der Waals surface area contributed by atoms with Crippen LogP contribution in [0.1, 0.15) is 5.56 Å². The van der Waals surface area contributed by atoms with Gasteiger partial charge in [-0.15, -0.1) is 0 Å². The molecule has 0 aliphatic carbocycles. The van der Waals surface area contributed by atoms with Gasteiger partial charge in [-0.1, -0.05) is 28.1 Å². The molecule has 0 N–H and O–H groups in total. The van der Waals surface area contributed by atoms with Crippen LogP contribution in [0.15, 0.2) is 52.0 Å². The molecule has 6 heteroatoms. The molecule has 1 aliphatic heterocycles. The van der Waals surface area contributed by atoms with E-state index in [1.165, 1.54) is 0 Å². The number of aromatic nitrogens is 2. The Hall–Kier alpha value is -2.34. The first-order chi connectivity index (χ1) is 11.2. The Labute approximate surface area is 140 Å². The smallest absolute Gasteiger partial charge is 0.261 e. The van der Waals surface area contributed by atoms with Crippen LogP contribution in [0.5, 0.6) is 11.5 Å². The molecule has 0 radical (unpaired) electrons. The Bertz CT molecular complexity index is 952. The highest BCUT2D eigenvalue weighted by Gasteiger charge is 2.15. The molecule has 0 fully saturated rings. The van der Waals surface area contributed by atoms with E-state index in [2.05, 4.69) is 20.9 Å². The lowest BCUT2D eigenvalue weighted by molar-refractivity contribution is 0.172. The predicted molar refractivity (Wildman–Crippen MR) is 90.2 cm³/mol. The second-order valence-electron chi connectivity index (χ2n) is 5.32. The highest BCUT2D eigenvalue weighted by atomic mass is 79.9. The van der Waals surface area contributed by atoms with E-state index < -0.39 is 0 Å². The molecule has 0 amide bonds. The summed E-state index contributed by atoms with van der Waals surface area (Å²) in [5, 5.41) is 0.534. The number of hydrogen-bond acceptors (Lipinski definition) is 4. The van der Waals surface area contributed by atoms with Crippen molar-refractivity contribution in [1.29, 1.82) is 0 Å². The fourth-order valence-electron chi connectivity index (χ4n) is 2.64. The first-order valence-corrected chi connectivity index (χ1v) is 8.03. The first-order valence-electron chi connectivity index (χ1n) is 7.24. The zero-order valence-electron chi connectivity index (χ0n) is 12.2. The standard InChI is InChI=1S/C17H13BrN2O3/c18-12-3-1-2-11(6-12)9-20-10-19-14-8-16-15(22-4-5-23-16)7-13(14)17(20)21/h1-3,6-8,10H,4-5,9H2. The lowest BCUT2D eigenvalue weighted by Gasteiger charge is -2.18. The minimum Gasteiger partial charge on any atom is -0.486 e. The maximum Gasteiger partial charge on any atom is 0.261 e. The van der Waals surface area contributed by atoms with E-state index in [1.807, 2.05) is 24.3 Å². The number of halogens is 1. The van der Waals surface area contributed by atoms with Crippen LogP contribution in [-0.2, 0) is 6.54 Å². The van der Waals surface area contributed by atoms with Gasteiger partial charge in [-0.3, -0.25) is 9.36 Å². The van der Waals surface area contributed by atoms with Crippen molar-refractivity contribution in [2.24, 2.45) is 0 Å². The van der Waals surface area contributed by atoms with Crippen LogP contribution in [0.4, 0.5) is 0 Å². The fourth-order valence-corrected chi connectivity index (χ4v) is 3.09. The van der Waals surface area contributed by atoms with Crippen LogP contribution in [0, 0.1) is 0 Å². The molecule has 0 atom stereocenters. The third-order valence-electron chi connectivity index (χ3n) is 3.73. The summed E-state index contributed by atoms with van der Waals surface area (Å²) in [5.74, 6) is 1.24. The van der Waals surface area contributed by atoms with Gasteiger partial charge in [0, 0.05) is 10.5 Å². The number of rotatable bonds is 2. The summed E-state index contributed by atoms with van der Waals surface area (Å²) >= 11 is 3.44. The second-order valence-corrected chi connectivity index (χ2v) is 6.24. The van der Waals surface area contributed by atoms with Crippen LogP contribution in [0.2, 0.25) is 0 Å². The van der Waals surface area contributed by atoms with Gasteiger partial charge in [0.05, 0.1) is 23.8 Å². The molecule has 2 heterocycles. The number of benzene rings is 2. The highest BCUT2D eigenvalue weighted by Crippen LogP contribution is 2.32. The van der Waals surface area contributed by atoms with Crippen molar-refractivity contribution in [3.63, 3.8) is 0 Å². The molecule has 0 unspecified atom stereocenters. The van der Waals surface area contributed by atoms with Crippen LogP contribution in [0.25, 0.3) is 10.9 Å². The largest absolute Gasteiger partial charge is 0.486 e. The van der Waals surface area contributed by atoms with E-state index in [-0.39, 0.29) is 5.56 Å². The summed E-state index contributed by atoms with van der Waals surface area (Å²) in [7, 11) is 0. The van der Waals surface area contributed by atoms with Gasteiger partial charge < -0.3 is 9.47 Å². The highest BCUT2D eigenvalue weighted by molar-refractivity contribution is 9.10. The molecule has 4 rings (SSSR count). The summed E-state index contributed by atoms with van der Waals surface area (Å²) in [5.41, 5.74) is 1.55. The number of nitrogens with zero attached hydrogens (tertiary/aromatic N) is 2. The number of fused-ring (bicyclic) bond motifs is 2. The normalized spacial score (nSPS) is 13.3. The Kier molecular flexibility index (Phi) is 3.53. The van der Waals surface area contributed by atoms with Gasteiger partial charge >= 0.3 is 0 Å². The summed E-state index contributed by atoms with van der Waals surface area (Å²) in [6, 6.07) is 11.3. The zero-order chi connectivity index (χ0) is 15.8. The minimum absolute atomic E-state index is 0.0908. The Morgan fingerprint density at radius 2 is 1.91 bits per heavy atom. The molecular formula is C17H13BrN2O3. The molecule has 116 valence electrons. The first kappa shape index (κ1) is 14.3. The fraction of sp³-hybridized carbons (Fsp3) is 0.176. The van der Waals surface area contributed by atoms with Crippen LogP contribution in [-0.4, -0.2) is 22.8 Å². The molecule has 3 aromatic rings. The zero-order valence-corrected chi connectivity index (χ0v) is 13.7. The Morgan fingerprint density at radius 3 is 2.70 bits per heavy atom. The van der Waals surface area contributed by atoms with Gasteiger partial charge in [0.25, 0.3) is 5.56 Å². The SMILES string of the molecule is O=c1c2cc3c(cc2ncn1Cc1cccc(Br)c1)OCCO3. The third-order valence-corrected chi connectivity index (χ3v) is 4.22. The van der Waals surface area contributed by atoms with Gasteiger partial charge in [-0.25, -0.2) is 4.98 Å². The van der Waals surface area contributed by atoms with Crippen molar-refractivity contribution in [3.05, 3.63) is 63.1 Å². The molecule has 0 bridgehead atoms. The average molecular weight is 373 g/mol. The lowest BCUT2D eigenvalue weighted by Crippen LogP contribution is -2.22. The van der Waals surface area contributed by atoms with Gasteiger partial charge in [-0.05, 0) is 23.8 Å². The molecule has 2 aromatic carbocycles. The molecule has 1 aromatic heterocycles. The van der Waals surface area contributed by atoms with Gasteiger partial charge in [-0.2, -0.15) is 0 Å². The van der Waals surface area contributed by atoms with Crippen molar-refractivity contribution >= 4 is 26.8 Å². The Balaban J connectivity index is 1.79. The van der Waals surface area contributed by atoms with Crippen molar-refractivity contribution < 1.29 is 9.47 Å². The van der Waals surface area contributed by atoms with E-state index in [0.29, 0.717) is 42.2 Å². The predicted octanol–water partition coefficient (Wildman–Crippen LogP) is 2.98. The van der Waals surface area contributed by atoms with E-state index in [9.17, 15) is 4.79 Å². The van der Waals surface area contributed by atoms with Crippen LogP contribution < -0.4 is 15.0 Å². The molecule has 1 aliphatic rings. The van der Waals surface area contributed by atoms with Gasteiger partial charge in [0.2, 0.25) is 0 Å². The molecule has 23 heavy (non-hydrogen) atoms. The minimum atomic E-state index is -0.0908. The summed E-state index contributed by atoms with van der Waals surface area (Å²) in [4.78, 5) is 17.1. The monoisotopic (exact) mass is 372 g/mol. The van der Waals surface area contributed by atoms with E-state index >= 15 is 0 Å². The molecule has 5 nitrogen and oxygen atoms in total.